The van der Waals surface area contributed by atoms with Crippen molar-refractivity contribution in [1.82, 2.24) is 0 Å². The molecule has 0 amide bonds. The average molecular weight is 305 g/mol. The first-order valence-electron chi connectivity index (χ1n) is 4.42. The molecule has 13 heavy (non-hydrogen) atoms. The maximum Gasteiger partial charge on any atom is 0.0309 e. The fourth-order valence-electron chi connectivity index (χ4n) is 1.91. The zero-order valence-corrected chi connectivity index (χ0v) is 10.4. The van der Waals surface area contributed by atoms with E-state index in [2.05, 4.69) is 44.0 Å². The van der Waals surface area contributed by atoms with Crippen molar-refractivity contribution in [3.63, 3.8) is 0 Å². The van der Waals surface area contributed by atoms with E-state index in [0.717, 1.165) is 17.3 Å². The first-order chi connectivity index (χ1) is 6.20. The average Bonchev–Trinajstić information content (AvgIpc) is 2.12. The molecular formula is C10H11Br2N. The Labute approximate surface area is 95.0 Å². The maximum atomic E-state index is 6.07. The van der Waals surface area contributed by atoms with Crippen LogP contribution in [0.2, 0.25) is 0 Å². The number of nitrogens with two attached hydrogens (primary N) is 1. The van der Waals surface area contributed by atoms with E-state index in [0.29, 0.717) is 0 Å². The van der Waals surface area contributed by atoms with Crippen LogP contribution < -0.4 is 5.73 Å². The summed E-state index contributed by atoms with van der Waals surface area (Å²) in [4.78, 5) is 0. The summed E-state index contributed by atoms with van der Waals surface area (Å²) in [6.45, 7) is 0. The molecule has 1 aliphatic carbocycles. The van der Waals surface area contributed by atoms with Gasteiger partial charge in [0, 0.05) is 15.0 Å². The minimum absolute atomic E-state index is 0.204. The molecule has 2 rings (SSSR count). The Hall–Kier alpha value is 0.140. The lowest BCUT2D eigenvalue weighted by molar-refractivity contribution is 0.566. The van der Waals surface area contributed by atoms with E-state index >= 15 is 0 Å². The lowest BCUT2D eigenvalue weighted by atomic mass is 9.88. The highest BCUT2D eigenvalue weighted by Gasteiger charge is 2.20. The van der Waals surface area contributed by atoms with Crippen LogP contribution in [0, 0.1) is 0 Å². The molecule has 1 nitrogen and oxygen atoms in total. The number of benzene rings is 1. The van der Waals surface area contributed by atoms with Gasteiger partial charge in [-0.15, -0.1) is 0 Å². The van der Waals surface area contributed by atoms with Gasteiger partial charge in [0.15, 0.2) is 0 Å². The molecule has 0 fully saturated rings. The molecule has 1 aromatic carbocycles. The Morgan fingerprint density at radius 1 is 1.23 bits per heavy atom. The summed E-state index contributed by atoms with van der Waals surface area (Å²) < 4.78 is 2.35. The van der Waals surface area contributed by atoms with E-state index in [-0.39, 0.29) is 6.04 Å². The Bertz CT molecular complexity index is 336. The van der Waals surface area contributed by atoms with Crippen molar-refractivity contribution in [2.45, 2.75) is 25.3 Å². The maximum absolute atomic E-state index is 6.07. The molecule has 0 aliphatic heterocycles. The predicted molar refractivity (Wildman–Crippen MR) is 61.7 cm³/mol. The predicted octanol–water partition coefficient (Wildman–Crippen LogP) is 3.55. The van der Waals surface area contributed by atoms with Gasteiger partial charge in [-0.05, 0) is 42.5 Å². The van der Waals surface area contributed by atoms with Crippen molar-refractivity contribution in [2.75, 3.05) is 0 Å². The molecule has 0 radical (unpaired) electrons. The summed E-state index contributed by atoms with van der Waals surface area (Å²) in [5, 5.41) is 0. The summed E-state index contributed by atoms with van der Waals surface area (Å²) >= 11 is 7.12. The van der Waals surface area contributed by atoms with Crippen LogP contribution in [-0.4, -0.2) is 0 Å². The minimum atomic E-state index is 0.204. The van der Waals surface area contributed by atoms with E-state index in [9.17, 15) is 0 Å². The van der Waals surface area contributed by atoms with E-state index < -0.39 is 0 Å². The molecule has 0 bridgehead atoms. The second-order valence-electron chi connectivity index (χ2n) is 3.42. The summed E-state index contributed by atoms with van der Waals surface area (Å²) in [6.07, 6.45) is 3.44. The van der Waals surface area contributed by atoms with Gasteiger partial charge < -0.3 is 5.73 Å². The topological polar surface area (TPSA) is 26.0 Å². The third-order valence-corrected chi connectivity index (χ3v) is 3.99. The number of fused-ring (bicyclic) bond motifs is 1. The van der Waals surface area contributed by atoms with Gasteiger partial charge in [0.25, 0.3) is 0 Å². The van der Waals surface area contributed by atoms with Crippen molar-refractivity contribution >= 4 is 31.9 Å². The van der Waals surface area contributed by atoms with Crippen LogP contribution in [0.5, 0.6) is 0 Å². The molecule has 0 heterocycles. The van der Waals surface area contributed by atoms with E-state index in [1.807, 2.05) is 0 Å². The van der Waals surface area contributed by atoms with E-state index in [4.69, 9.17) is 5.73 Å². The Morgan fingerprint density at radius 3 is 2.62 bits per heavy atom. The molecule has 70 valence electrons. The molecule has 1 aromatic rings. The van der Waals surface area contributed by atoms with E-state index in [1.165, 1.54) is 22.0 Å². The van der Waals surface area contributed by atoms with Crippen molar-refractivity contribution in [1.29, 1.82) is 0 Å². The lowest BCUT2D eigenvalue weighted by Gasteiger charge is -2.24. The molecule has 1 aliphatic rings. The first kappa shape index (κ1) is 9.69. The fraction of sp³-hybridized carbons (Fsp3) is 0.400. The summed E-state index contributed by atoms with van der Waals surface area (Å²) in [7, 11) is 0. The smallest absolute Gasteiger partial charge is 0.0309 e. The highest BCUT2D eigenvalue weighted by molar-refractivity contribution is 9.11. The zero-order valence-electron chi connectivity index (χ0n) is 7.19. The SMILES string of the molecule is NC1CCCc2c(Br)ccc(Br)c21. The van der Waals surface area contributed by atoms with Gasteiger partial charge in [-0.3, -0.25) is 0 Å². The van der Waals surface area contributed by atoms with Crippen molar-refractivity contribution in [2.24, 2.45) is 5.73 Å². The van der Waals surface area contributed by atoms with Crippen LogP contribution in [0.15, 0.2) is 21.1 Å². The third-order valence-electron chi connectivity index (χ3n) is 2.56. The second kappa shape index (κ2) is 3.71. The molecule has 1 unspecified atom stereocenters. The minimum Gasteiger partial charge on any atom is -0.324 e. The molecule has 0 aromatic heterocycles. The van der Waals surface area contributed by atoms with Gasteiger partial charge >= 0.3 is 0 Å². The Kier molecular flexibility index (Phi) is 2.77. The highest BCUT2D eigenvalue weighted by Crippen LogP contribution is 2.37. The number of rotatable bonds is 0. The van der Waals surface area contributed by atoms with Crippen LogP contribution in [0.25, 0.3) is 0 Å². The number of halogens is 2. The quantitative estimate of drug-likeness (QED) is 0.779. The summed E-state index contributed by atoms with van der Waals surface area (Å²) in [6, 6.07) is 4.35. The van der Waals surface area contributed by atoms with Crippen LogP contribution >= 0.6 is 31.9 Å². The van der Waals surface area contributed by atoms with Crippen LogP contribution in [0.1, 0.15) is 30.0 Å². The van der Waals surface area contributed by atoms with Crippen molar-refractivity contribution in [3.05, 3.63) is 32.2 Å². The largest absolute Gasteiger partial charge is 0.324 e. The summed E-state index contributed by atoms with van der Waals surface area (Å²) in [5.41, 5.74) is 8.74. The Morgan fingerprint density at radius 2 is 1.92 bits per heavy atom. The molecule has 3 heteroatoms. The van der Waals surface area contributed by atoms with Crippen molar-refractivity contribution < 1.29 is 0 Å². The fourth-order valence-corrected chi connectivity index (χ4v) is 3.12. The molecular weight excluding hydrogens is 294 g/mol. The molecule has 0 spiro atoms. The number of hydrogen-bond donors (Lipinski definition) is 1. The van der Waals surface area contributed by atoms with E-state index in [1.54, 1.807) is 0 Å². The monoisotopic (exact) mass is 303 g/mol. The molecule has 0 saturated carbocycles. The first-order valence-corrected chi connectivity index (χ1v) is 6.01. The zero-order chi connectivity index (χ0) is 9.42. The highest BCUT2D eigenvalue weighted by atomic mass is 79.9. The van der Waals surface area contributed by atoms with Gasteiger partial charge in [-0.2, -0.15) is 0 Å². The van der Waals surface area contributed by atoms with Gasteiger partial charge in [0.1, 0.15) is 0 Å². The van der Waals surface area contributed by atoms with Gasteiger partial charge in [0.2, 0.25) is 0 Å². The second-order valence-corrected chi connectivity index (χ2v) is 5.13. The van der Waals surface area contributed by atoms with Gasteiger partial charge in [0.05, 0.1) is 0 Å². The standard InChI is InChI=1S/C10H11Br2N/c11-7-4-5-8(12)10-6(7)2-1-3-9(10)13/h4-5,9H,1-3,13H2. The molecule has 1 atom stereocenters. The Balaban J connectivity index is 2.60. The molecule has 0 saturated heterocycles. The van der Waals surface area contributed by atoms with Crippen LogP contribution in [0.4, 0.5) is 0 Å². The lowest BCUT2D eigenvalue weighted by Crippen LogP contribution is -2.18. The van der Waals surface area contributed by atoms with Crippen molar-refractivity contribution in [3.8, 4) is 0 Å². The third kappa shape index (κ3) is 1.69. The van der Waals surface area contributed by atoms with Gasteiger partial charge in [-0.1, -0.05) is 31.9 Å². The number of hydrogen-bond acceptors (Lipinski definition) is 1. The van der Waals surface area contributed by atoms with Crippen LogP contribution in [-0.2, 0) is 6.42 Å². The van der Waals surface area contributed by atoms with Crippen LogP contribution in [0.3, 0.4) is 0 Å². The normalized spacial score (nSPS) is 21.3. The van der Waals surface area contributed by atoms with Gasteiger partial charge in [-0.25, -0.2) is 0 Å². The molecule has 2 N–H and O–H groups in total. The summed E-state index contributed by atoms with van der Waals surface area (Å²) in [5.74, 6) is 0.